The number of nitrogen functional groups attached to an aromatic ring is 1. The van der Waals surface area contributed by atoms with Crippen LogP contribution in [-0.4, -0.2) is 24.7 Å². The summed E-state index contributed by atoms with van der Waals surface area (Å²) in [6, 6.07) is 6.78. The molecule has 2 heterocycles. The summed E-state index contributed by atoms with van der Waals surface area (Å²) in [5.74, 6) is 1.40. The molecule has 6 nitrogen and oxygen atoms in total. The Bertz CT molecular complexity index is 778. The lowest BCUT2D eigenvalue weighted by Crippen LogP contribution is -1.99. The van der Waals surface area contributed by atoms with Gasteiger partial charge in [0.05, 0.1) is 5.56 Å². The van der Waals surface area contributed by atoms with Crippen molar-refractivity contribution < 1.29 is 5.11 Å². The number of aromatic nitrogens is 4. The molecule has 0 saturated heterocycles. The number of benzene rings is 1. The highest BCUT2D eigenvalue weighted by atomic mass is 16.3. The molecule has 0 spiro atoms. The molecule has 0 fully saturated rings. The molecule has 3 rings (SSSR count). The van der Waals surface area contributed by atoms with Crippen molar-refractivity contribution in [1.29, 1.82) is 0 Å². The van der Waals surface area contributed by atoms with Gasteiger partial charge >= 0.3 is 0 Å². The molecule has 3 N–H and O–H groups in total. The van der Waals surface area contributed by atoms with Crippen LogP contribution in [0.2, 0.25) is 0 Å². The van der Waals surface area contributed by atoms with Crippen molar-refractivity contribution in [1.82, 2.24) is 19.6 Å². The number of nitrogens with two attached hydrogens (primary N) is 1. The largest absolute Gasteiger partial charge is 0.507 e. The zero-order valence-electron chi connectivity index (χ0n) is 10.6. The van der Waals surface area contributed by atoms with Gasteiger partial charge in [0.25, 0.3) is 0 Å². The molecule has 19 heavy (non-hydrogen) atoms. The average molecular weight is 255 g/mol. The van der Waals surface area contributed by atoms with Gasteiger partial charge in [-0.15, -0.1) is 10.2 Å². The number of nitrogens with zero attached hydrogens (tertiary/aromatic N) is 4. The Morgan fingerprint density at radius 1 is 1.16 bits per heavy atom. The first-order chi connectivity index (χ1) is 9.06. The minimum atomic E-state index is 0.0780. The monoisotopic (exact) mass is 255 g/mol. The lowest BCUT2D eigenvalue weighted by molar-refractivity contribution is 0.477. The fourth-order valence-corrected chi connectivity index (χ4v) is 2.15. The molecule has 0 bridgehead atoms. The third-order valence-electron chi connectivity index (χ3n) is 2.95. The van der Waals surface area contributed by atoms with E-state index in [1.807, 2.05) is 19.9 Å². The third kappa shape index (κ3) is 1.77. The van der Waals surface area contributed by atoms with E-state index in [1.54, 1.807) is 16.5 Å². The number of phenols is 1. The van der Waals surface area contributed by atoms with Gasteiger partial charge in [0.2, 0.25) is 0 Å². The molecular weight excluding hydrogens is 242 g/mol. The summed E-state index contributed by atoms with van der Waals surface area (Å²) in [7, 11) is 0. The molecule has 0 aliphatic heterocycles. The Morgan fingerprint density at radius 2 is 1.95 bits per heavy atom. The van der Waals surface area contributed by atoms with E-state index in [0.29, 0.717) is 22.7 Å². The van der Waals surface area contributed by atoms with E-state index in [2.05, 4.69) is 15.2 Å². The first-order valence-corrected chi connectivity index (χ1v) is 5.84. The van der Waals surface area contributed by atoms with Gasteiger partial charge in [0.15, 0.2) is 11.5 Å². The van der Waals surface area contributed by atoms with E-state index in [1.165, 1.54) is 6.07 Å². The average Bonchev–Trinajstić information content (AvgIpc) is 2.72. The summed E-state index contributed by atoms with van der Waals surface area (Å²) < 4.78 is 1.80. The van der Waals surface area contributed by atoms with Crippen LogP contribution in [0.15, 0.2) is 24.3 Å². The number of aromatic hydroxyl groups is 1. The van der Waals surface area contributed by atoms with Gasteiger partial charge in [-0.1, -0.05) is 0 Å². The van der Waals surface area contributed by atoms with Crippen molar-refractivity contribution in [3.05, 3.63) is 35.8 Å². The Balaban J connectivity index is 2.31. The van der Waals surface area contributed by atoms with Crippen LogP contribution in [0.3, 0.4) is 0 Å². The summed E-state index contributed by atoms with van der Waals surface area (Å²) in [4.78, 5) is 4.38. The molecule has 0 aliphatic carbocycles. The number of rotatable bonds is 1. The molecule has 1 aromatic carbocycles. The Morgan fingerprint density at radius 3 is 2.68 bits per heavy atom. The summed E-state index contributed by atoms with van der Waals surface area (Å²) >= 11 is 0. The normalized spacial score (nSPS) is 11.1. The standard InChI is InChI=1S/C13H13N5O/c1-7-5-12-16-17-13(18(12)8(2)15-7)10-4-3-9(14)6-11(10)19/h3-6,19H,14H2,1-2H3. The van der Waals surface area contributed by atoms with E-state index >= 15 is 0 Å². The van der Waals surface area contributed by atoms with Gasteiger partial charge in [-0.2, -0.15) is 0 Å². The van der Waals surface area contributed by atoms with E-state index in [4.69, 9.17) is 5.73 Å². The maximum atomic E-state index is 9.99. The molecule has 0 unspecified atom stereocenters. The number of fused-ring (bicyclic) bond motifs is 1. The first-order valence-electron chi connectivity index (χ1n) is 5.84. The second kappa shape index (κ2) is 3.94. The van der Waals surface area contributed by atoms with Gasteiger partial charge < -0.3 is 10.8 Å². The Hall–Kier alpha value is -2.63. The van der Waals surface area contributed by atoms with E-state index in [-0.39, 0.29) is 5.75 Å². The highest BCUT2D eigenvalue weighted by Gasteiger charge is 2.14. The van der Waals surface area contributed by atoms with Crippen molar-refractivity contribution in [2.75, 3.05) is 5.73 Å². The number of hydrogen-bond donors (Lipinski definition) is 2. The molecule has 0 atom stereocenters. The molecule has 2 aromatic heterocycles. The predicted octanol–water partition coefficient (Wildman–Crippen LogP) is 1.70. The molecule has 0 radical (unpaired) electrons. The highest BCUT2D eigenvalue weighted by Crippen LogP contribution is 2.30. The van der Waals surface area contributed by atoms with Gasteiger partial charge in [-0.05, 0) is 26.0 Å². The van der Waals surface area contributed by atoms with Crippen LogP contribution in [0.5, 0.6) is 5.75 Å². The lowest BCUT2D eigenvalue weighted by Gasteiger charge is -2.06. The molecule has 0 saturated carbocycles. The lowest BCUT2D eigenvalue weighted by atomic mass is 10.1. The van der Waals surface area contributed by atoms with Crippen molar-refractivity contribution in [2.24, 2.45) is 0 Å². The fourth-order valence-electron chi connectivity index (χ4n) is 2.15. The van der Waals surface area contributed by atoms with Crippen molar-refractivity contribution >= 4 is 11.3 Å². The van der Waals surface area contributed by atoms with E-state index in [0.717, 1.165) is 11.5 Å². The second-order valence-corrected chi connectivity index (χ2v) is 4.44. The highest BCUT2D eigenvalue weighted by molar-refractivity contribution is 5.69. The number of anilines is 1. The van der Waals surface area contributed by atoms with Gasteiger partial charge in [0.1, 0.15) is 11.6 Å². The van der Waals surface area contributed by atoms with Crippen molar-refractivity contribution in [3.8, 4) is 17.1 Å². The molecule has 3 aromatic rings. The smallest absolute Gasteiger partial charge is 0.173 e. The number of phenolic OH excluding ortho intramolecular Hbond substituents is 1. The first kappa shape index (κ1) is 11.5. The quantitative estimate of drug-likeness (QED) is 0.646. The number of hydrogen-bond acceptors (Lipinski definition) is 5. The molecule has 6 heteroatoms. The molecular formula is C13H13N5O. The second-order valence-electron chi connectivity index (χ2n) is 4.44. The van der Waals surface area contributed by atoms with Crippen LogP contribution in [0, 0.1) is 13.8 Å². The molecule has 0 amide bonds. The van der Waals surface area contributed by atoms with Crippen LogP contribution in [0.1, 0.15) is 11.5 Å². The zero-order valence-corrected chi connectivity index (χ0v) is 10.6. The van der Waals surface area contributed by atoms with Crippen LogP contribution in [0.25, 0.3) is 17.0 Å². The van der Waals surface area contributed by atoms with E-state index < -0.39 is 0 Å². The summed E-state index contributed by atoms with van der Waals surface area (Å²) in [6.45, 7) is 3.78. The molecule has 96 valence electrons. The van der Waals surface area contributed by atoms with Crippen LogP contribution < -0.4 is 5.73 Å². The topological polar surface area (TPSA) is 89.3 Å². The SMILES string of the molecule is Cc1cc2nnc(-c3ccc(N)cc3O)n2c(C)n1. The Labute approximate surface area is 109 Å². The van der Waals surface area contributed by atoms with E-state index in [9.17, 15) is 5.11 Å². The summed E-state index contributed by atoms with van der Waals surface area (Å²) in [5, 5.41) is 18.2. The third-order valence-corrected chi connectivity index (χ3v) is 2.95. The maximum absolute atomic E-state index is 9.99. The van der Waals surface area contributed by atoms with Gasteiger partial charge in [-0.3, -0.25) is 4.40 Å². The molecule has 0 aliphatic rings. The Kier molecular flexibility index (Phi) is 2.38. The minimum Gasteiger partial charge on any atom is -0.507 e. The van der Waals surface area contributed by atoms with Gasteiger partial charge in [0, 0.05) is 23.5 Å². The van der Waals surface area contributed by atoms with Crippen molar-refractivity contribution in [3.63, 3.8) is 0 Å². The maximum Gasteiger partial charge on any atom is 0.173 e. The summed E-state index contributed by atoms with van der Waals surface area (Å²) in [5.41, 5.74) is 8.29. The summed E-state index contributed by atoms with van der Waals surface area (Å²) in [6.07, 6.45) is 0. The predicted molar refractivity (Wildman–Crippen MR) is 71.8 cm³/mol. The number of aryl methyl sites for hydroxylation is 2. The fraction of sp³-hybridized carbons (Fsp3) is 0.154. The van der Waals surface area contributed by atoms with Crippen LogP contribution in [0.4, 0.5) is 5.69 Å². The zero-order chi connectivity index (χ0) is 13.6. The van der Waals surface area contributed by atoms with Gasteiger partial charge in [-0.25, -0.2) is 4.98 Å². The van der Waals surface area contributed by atoms with Crippen LogP contribution >= 0.6 is 0 Å². The minimum absolute atomic E-state index is 0.0780. The van der Waals surface area contributed by atoms with Crippen molar-refractivity contribution in [2.45, 2.75) is 13.8 Å². The van der Waals surface area contributed by atoms with Crippen LogP contribution in [-0.2, 0) is 0 Å².